The summed E-state index contributed by atoms with van der Waals surface area (Å²) >= 11 is 0. The van der Waals surface area contributed by atoms with Crippen LogP contribution in [0.4, 0.5) is 0 Å². The molecule has 0 aliphatic heterocycles. The highest BCUT2D eigenvalue weighted by Gasteiger charge is 2.83. The first-order chi connectivity index (χ1) is 15.3. The van der Waals surface area contributed by atoms with Crippen molar-refractivity contribution >= 4 is 11.8 Å². The first-order valence-corrected chi connectivity index (χ1v) is 12.3. The number of fused-ring (bicyclic) bond motifs is 5. The van der Waals surface area contributed by atoms with Crippen molar-refractivity contribution in [2.24, 2.45) is 34.8 Å². The second-order valence-corrected chi connectivity index (χ2v) is 11.5. The van der Waals surface area contributed by atoms with Crippen molar-refractivity contribution in [1.29, 1.82) is 0 Å². The van der Waals surface area contributed by atoms with E-state index in [1.165, 1.54) is 0 Å². The van der Waals surface area contributed by atoms with Crippen LogP contribution < -0.4 is 5.73 Å². The largest absolute Gasteiger partial charge is 0.457 e. The molecule has 4 aliphatic rings. The van der Waals surface area contributed by atoms with Gasteiger partial charge in [0, 0.05) is 29.6 Å². The quantitative estimate of drug-likeness (QED) is 0.352. The van der Waals surface area contributed by atoms with E-state index in [0.29, 0.717) is 24.0 Å². The summed E-state index contributed by atoms with van der Waals surface area (Å²) in [6, 6.07) is -0.687. The first-order valence-electron chi connectivity index (χ1n) is 12.3. The molecule has 0 aromatic rings. The zero-order valence-electron chi connectivity index (χ0n) is 20.4. The van der Waals surface area contributed by atoms with Crippen LogP contribution in [0.5, 0.6) is 0 Å². The fourth-order valence-corrected chi connectivity index (χ4v) is 7.39. The highest BCUT2D eigenvalue weighted by atomic mass is 16.6. The maximum Gasteiger partial charge on any atom is 0.323 e. The molecule has 7 heteroatoms. The summed E-state index contributed by atoms with van der Waals surface area (Å²) in [6.07, 6.45) is 6.29. The minimum Gasteiger partial charge on any atom is -0.457 e. The van der Waals surface area contributed by atoms with E-state index in [-0.39, 0.29) is 24.9 Å². The Balaban J connectivity index is 1.75. The van der Waals surface area contributed by atoms with Crippen LogP contribution in [0.25, 0.3) is 0 Å². The maximum absolute atomic E-state index is 13.0. The number of unbranched alkanes of at least 4 members (excludes halogenated alkanes) is 1. The van der Waals surface area contributed by atoms with Gasteiger partial charge in [0.05, 0.1) is 12.2 Å². The second kappa shape index (κ2) is 7.74. The topological polar surface area (TPSA) is 130 Å². The Kier molecular flexibility index (Phi) is 5.76. The molecule has 8 atom stereocenters. The number of aliphatic hydroxyl groups is 3. The Morgan fingerprint density at radius 2 is 1.97 bits per heavy atom. The number of esters is 1. The van der Waals surface area contributed by atoms with Gasteiger partial charge in [-0.05, 0) is 36.8 Å². The van der Waals surface area contributed by atoms with Crippen molar-refractivity contribution in [3.63, 3.8) is 0 Å². The standard InChI is InChI=1S/C26H39NO6/c1-6-7-8-18(27)22(30)33-25-11-15(3)26(32)17(20(25)23(25,4)5)10-16(13-28)12-24(31)19(26)9-14(2)21(24)29/h9-10,15,17-20,28,31-32H,6-8,11-13,27H2,1-5H3/t15-,17+,18+,19-,20-,24-,25+,26-/m1/s1. The zero-order valence-corrected chi connectivity index (χ0v) is 20.4. The fraction of sp³-hybridized carbons (Fsp3) is 0.769. The minimum absolute atomic E-state index is 0.0196. The predicted octanol–water partition coefficient (Wildman–Crippen LogP) is 2.03. The van der Waals surface area contributed by atoms with Gasteiger partial charge in [0.15, 0.2) is 5.78 Å². The highest BCUT2D eigenvalue weighted by Crippen LogP contribution is 2.76. The van der Waals surface area contributed by atoms with Crippen LogP contribution in [0.15, 0.2) is 23.3 Å². The van der Waals surface area contributed by atoms with Crippen molar-refractivity contribution in [2.45, 2.75) is 89.6 Å². The lowest BCUT2D eigenvalue weighted by molar-refractivity contribution is -0.187. The van der Waals surface area contributed by atoms with Gasteiger partial charge in [0.25, 0.3) is 0 Å². The zero-order chi connectivity index (χ0) is 24.6. The van der Waals surface area contributed by atoms with Crippen molar-refractivity contribution in [3.05, 3.63) is 23.3 Å². The Bertz CT molecular complexity index is 924. The van der Waals surface area contributed by atoms with Crippen LogP contribution in [0.3, 0.4) is 0 Å². The van der Waals surface area contributed by atoms with Gasteiger partial charge in [0.1, 0.15) is 17.2 Å². The van der Waals surface area contributed by atoms with Crippen LogP contribution in [0, 0.1) is 29.1 Å². The van der Waals surface area contributed by atoms with Crippen LogP contribution in [-0.4, -0.2) is 56.5 Å². The molecule has 0 spiro atoms. The molecule has 0 heterocycles. The number of Topliss-reactive ketones (excluding diaryl/α,β-unsaturated/α-hetero) is 1. The van der Waals surface area contributed by atoms with Gasteiger partial charge in [0.2, 0.25) is 0 Å². The number of rotatable bonds is 6. The molecule has 0 saturated heterocycles. The molecule has 0 radical (unpaired) electrons. The van der Waals surface area contributed by atoms with Gasteiger partial charge in [-0.25, -0.2) is 0 Å². The van der Waals surface area contributed by atoms with E-state index in [1.807, 2.05) is 33.8 Å². The number of aliphatic hydroxyl groups excluding tert-OH is 1. The fourth-order valence-electron chi connectivity index (χ4n) is 7.39. The van der Waals surface area contributed by atoms with E-state index in [0.717, 1.165) is 12.8 Å². The molecular formula is C26H39NO6. The van der Waals surface area contributed by atoms with Crippen LogP contribution in [0.2, 0.25) is 0 Å². The molecule has 184 valence electrons. The van der Waals surface area contributed by atoms with Crippen molar-refractivity contribution < 1.29 is 29.6 Å². The number of carbonyl (C=O) groups is 2. The molecule has 7 nitrogen and oxygen atoms in total. The van der Waals surface area contributed by atoms with E-state index in [1.54, 1.807) is 13.0 Å². The van der Waals surface area contributed by atoms with Crippen molar-refractivity contribution in [1.82, 2.24) is 0 Å². The van der Waals surface area contributed by atoms with E-state index < -0.39 is 51.8 Å². The molecule has 5 N–H and O–H groups in total. The summed E-state index contributed by atoms with van der Waals surface area (Å²) in [5.41, 5.74) is 2.65. The highest BCUT2D eigenvalue weighted by molar-refractivity contribution is 6.04. The SMILES string of the molecule is CCCC[C@H](N)C(=O)O[C@@]12C[C@@H](C)[C@@]3(O)[C@@H](C=C(CO)C[C@]4(O)C(=O)C(C)=C[C@@H]34)[C@@H]1C2(C)C. The molecule has 2 fully saturated rings. The van der Waals surface area contributed by atoms with Gasteiger partial charge < -0.3 is 25.8 Å². The Morgan fingerprint density at radius 1 is 1.30 bits per heavy atom. The molecular weight excluding hydrogens is 422 g/mol. The number of carbonyl (C=O) groups excluding carboxylic acids is 2. The lowest BCUT2D eigenvalue weighted by Gasteiger charge is -2.50. The first kappa shape index (κ1) is 24.6. The lowest BCUT2D eigenvalue weighted by Crippen LogP contribution is -2.61. The monoisotopic (exact) mass is 461 g/mol. The smallest absolute Gasteiger partial charge is 0.323 e. The maximum atomic E-state index is 13.0. The molecule has 0 amide bonds. The summed E-state index contributed by atoms with van der Waals surface area (Å²) in [7, 11) is 0. The van der Waals surface area contributed by atoms with Crippen molar-refractivity contribution in [3.8, 4) is 0 Å². The molecule has 33 heavy (non-hydrogen) atoms. The summed E-state index contributed by atoms with van der Waals surface area (Å²) < 4.78 is 6.17. The average molecular weight is 462 g/mol. The summed E-state index contributed by atoms with van der Waals surface area (Å²) in [6.45, 7) is 9.35. The molecule has 0 bridgehead atoms. The number of hydrogen-bond acceptors (Lipinski definition) is 7. The van der Waals surface area contributed by atoms with Crippen LogP contribution >= 0.6 is 0 Å². The summed E-state index contributed by atoms with van der Waals surface area (Å²) in [5.74, 6) is -2.70. The Hall–Kier alpha value is -1.54. The summed E-state index contributed by atoms with van der Waals surface area (Å²) in [4.78, 5) is 25.9. The minimum atomic E-state index is -1.78. The van der Waals surface area contributed by atoms with Gasteiger partial charge in [-0.1, -0.05) is 52.7 Å². The van der Waals surface area contributed by atoms with Gasteiger partial charge in [-0.3, -0.25) is 9.59 Å². The van der Waals surface area contributed by atoms with Crippen molar-refractivity contribution in [2.75, 3.05) is 6.61 Å². The molecule has 0 aromatic carbocycles. The number of ether oxygens (including phenoxy) is 1. The third kappa shape index (κ3) is 3.15. The third-order valence-corrected chi connectivity index (χ3v) is 9.33. The Labute approximate surface area is 196 Å². The van der Waals surface area contributed by atoms with Gasteiger partial charge in [-0.15, -0.1) is 0 Å². The predicted molar refractivity (Wildman–Crippen MR) is 123 cm³/mol. The van der Waals surface area contributed by atoms with E-state index in [9.17, 15) is 24.9 Å². The van der Waals surface area contributed by atoms with Gasteiger partial charge >= 0.3 is 5.97 Å². The third-order valence-electron chi connectivity index (χ3n) is 9.33. The van der Waals surface area contributed by atoms with E-state index in [4.69, 9.17) is 10.5 Å². The average Bonchev–Trinajstić information content (AvgIpc) is 3.16. The van der Waals surface area contributed by atoms with Crippen LogP contribution in [-0.2, 0) is 14.3 Å². The number of nitrogens with two attached hydrogens (primary N) is 1. The van der Waals surface area contributed by atoms with Gasteiger partial charge in [-0.2, -0.15) is 0 Å². The van der Waals surface area contributed by atoms with E-state index in [2.05, 4.69) is 0 Å². The van der Waals surface area contributed by atoms with E-state index >= 15 is 0 Å². The normalized spacial score (nSPS) is 44.0. The number of ketones is 1. The molecule has 0 aromatic heterocycles. The molecule has 4 rings (SSSR count). The molecule has 0 unspecified atom stereocenters. The molecule has 2 saturated carbocycles. The number of hydrogen-bond donors (Lipinski definition) is 4. The molecule has 4 aliphatic carbocycles. The second-order valence-electron chi connectivity index (χ2n) is 11.5. The van der Waals surface area contributed by atoms with Crippen LogP contribution in [0.1, 0.15) is 66.7 Å². The Morgan fingerprint density at radius 3 is 2.58 bits per heavy atom. The summed E-state index contributed by atoms with van der Waals surface area (Å²) in [5, 5.41) is 33.9. The lowest BCUT2D eigenvalue weighted by atomic mass is 9.60.